The van der Waals surface area contributed by atoms with Gasteiger partial charge in [0.25, 0.3) is 5.91 Å². The van der Waals surface area contributed by atoms with Crippen molar-refractivity contribution in [3.63, 3.8) is 0 Å². The summed E-state index contributed by atoms with van der Waals surface area (Å²) < 4.78 is 5.83. The number of carbonyl (C=O) groups is 1. The van der Waals surface area contributed by atoms with Crippen LogP contribution in [0.5, 0.6) is 5.75 Å². The first-order valence-corrected chi connectivity index (χ1v) is 11.5. The molecular formula is C29H28N2O3. The second kappa shape index (κ2) is 11.2. The van der Waals surface area contributed by atoms with Gasteiger partial charge in [-0.05, 0) is 54.8 Å². The van der Waals surface area contributed by atoms with Crippen molar-refractivity contribution in [1.82, 2.24) is 10.3 Å². The zero-order valence-corrected chi connectivity index (χ0v) is 19.2. The molecule has 5 nitrogen and oxygen atoms in total. The number of aliphatic hydroxyl groups excluding tert-OH is 1. The Labute approximate surface area is 199 Å². The van der Waals surface area contributed by atoms with E-state index in [9.17, 15) is 9.90 Å². The lowest BCUT2D eigenvalue weighted by Crippen LogP contribution is -2.39. The van der Waals surface area contributed by atoms with Crippen LogP contribution in [0.2, 0.25) is 0 Å². The molecule has 0 radical (unpaired) electrons. The first-order valence-electron chi connectivity index (χ1n) is 11.5. The van der Waals surface area contributed by atoms with Crippen LogP contribution in [0.1, 0.15) is 40.4 Å². The Bertz CT molecular complexity index is 1320. The number of ether oxygens (including phenoxy) is 1. The highest BCUT2D eigenvalue weighted by atomic mass is 16.5. The number of carbonyl (C=O) groups excluding carboxylic acids is 1. The lowest BCUT2D eigenvalue weighted by atomic mass is 10.0. The van der Waals surface area contributed by atoms with Crippen LogP contribution in [0.4, 0.5) is 0 Å². The minimum Gasteiger partial charge on any atom is -0.493 e. The van der Waals surface area contributed by atoms with Gasteiger partial charge in [-0.2, -0.15) is 0 Å². The molecule has 5 heteroatoms. The number of rotatable bonds is 8. The summed E-state index contributed by atoms with van der Waals surface area (Å²) in [4.78, 5) is 16.5. The molecule has 1 unspecified atom stereocenters. The number of fused-ring (bicyclic) bond motifs is 1. The summed E-state index contributed by atoms with van der Waals surface area (Å²) in [5.74, 6) is 6.46. The van der Waals surface area contributed by atoms with E-state index in [4.69, 9.17) is 4.74 Å². The van der Waals surface area contributed by atoms with Gasteiger partial charge in [0, 0.05) is 28.2 Å². The molecule has 0 saturated carbocycles. The normalized spacial score (nSPS) is 11.5. The highest BCUT2D eigenvalue weighted by Crippen LogP contribution is 2.22. The van der Waals surface area contributed by atoms with Crippen molar-refractivity contribution in [2.24, 2.45) is 0 Å². The summed E-state index contributed by atoms with van der Waals surface area (Å²) in [6, 6.07) is 22.6. The Balaban J connectivity index is 1.56. The van der Waals surface area contributed by atoms with Crippen molar-refractivity contribution in [2.75, 3.05) is 13.2 Å². The molecule has 1 atom stereocenters. The lowest BCUT2D eigenvalue weighted by Gasteiger charge is -2.18. The monoisotopic (exact) mass is 452 g/mol. The Morgan fingerprint density at radius 1 is 1.03 bits per heavy atom. The van der Waals surface area contributed by atoms with Crippen LogP contribution in [-0.4, -0.2) is 35.3 Å². The van der Waals surface area contributed by atoms with Gasteiger partial charge in [-0.3, -0.25) is 4.79 Å². The average Bonchev–Trinajstić information content (AvgIpc) is 3.29. The van der Waals surface area contributed by atoms with Gasteiger partial charge in [-0.25, -0.2) is 0 Å². The predicted octanol–water partition coefficient (Wildman–Crippen LogP) is 4.69. The summed E-state index contributed by atoms with van der Waals surface area (Å²) in [5, 5.41) is 14.0. The molecular weight excluding hydrogens is 424 g/mol. The lowest BCUT2D eigenvalue weighted by molar-refractivity contribution is 0.0912. The van der Waals surface area contributed by atoms with E-state index < -0.39 is 6.04 Å². The summed E-state index contributed by atoms with van der Waals surface area (Å²) >= 11 is 0. The van der Waals surface area contributed by atoms with Gasteiger partial charge in [0.2, 0.25) is 0 Å². The minimum atomic E-state index is -0.440. The quantitative estimate of drug-likeness (QED) is 0.340. The van der Waals surface area contributed by atoms with Crippen LogP contribution in [-0.2, 0) is 6.42 Å². The number of nitrogens with one attached hydrogen (secondary N) is 2. The number of aromatic nitrogens is 1. The first-order chi connectivity index (χ1) is 16.7. The van der Waals surface area contributed by atoms with E-state index in [1.54, 1.807) is 12.1 Å². The molecule has 0 aliphatic carbocycles. The number of amides is 1. The van der Waals surface area contributed by atoms with E-state index >= 15 is 0 Å². The molecule has 1 heterocycles. The van der Waals surface area contributed by atoms with Crippen molar-refractivity contribution in [3.05, 3.63) is 101 Å². The first kappa shape index (κ1) is 23.2. The van der Waals surface area contributed by atoms with E-state index in [-0.39, 0.29) is 12.5 Å². The van der Waals surface area contributed by atoms with Crippen LogP contribution in [0.25, 0.3) is 10.9 Å². The Morgan fingerprint density at radius 3 is 2.59 bits per heavy atom. The fourth-order valence-corrected chi connectivity index (χ4v) is 3.78. The highest BCUT2D eigenvalue weighted by molar-refractivity contribution is 5.97. The highest BCUT2D eigenvalue weighted by Gasteiger charge is 2.19. The Kier molecular flexibility index (Phi) is 7.64. The van der Waals surface area contributed by atoms with Crippen molar-refractivity contribution in [2.45, 2.75) is 25.8 Å². The van der Waals surface area contributed by atoms with Gasteiger partial charge in [0.15, 0.2) is 0 Å². The molecule has 172 valence electrons. The number of benzene rings is 3. The largest absolute Gasteiger partial charge is 0.493 e. The molecule has 3 aromatic carbocycles. The van der Waals surface area contributed by atoms with Gasteiger partial charge in [-0.15, -0.1) is 0 Å². The summed E-state index contributed by atoms with van der Waals surface area (Å²) in [6.07, 6.45) is 3.26. The topological polar surface area (TPSA) is 74.3 Å². The SMILES string of the molecule is CCCOc1ccc(C#Cc2ccccc2)cc1C(=O)NC(CO)Cc1c[nH]c2ccccc12. The van der Waals surface area contributed by atoms with Crippen molar-refractivity contribution in [3.8, 4) is 17.6 Å². The minimum absolute atomic E-state index is 0.177. The van der Waals surface area contributed by atoms with Crippen LogP contribution in [0.15, 0.2) is 79.0 Å². The van der Waals surface area contributed by atoms with Crippen molar-refractivity contribution in [1.29, 1.82) is 0 Å². The van der Waals surface area contributed by atoms with Crippen LogP contribution >= 0.6 is 0 Å². The van der Waals surface area contributed by atoms with E-state index in [0.717, 1.165) is 34.0 Å². The Morgan fingerprint density at radius 2 is 1.79 bits per heavy atom. The van der Waals surface area contributed by atoms with Crippen LogP contribution in [0, 0.1) is 11.8 Å². The third-order valence-corrected chi connectivity index (χ3v) is 5.51. The van der Waals surface area contributed by atoms with Crippen molar-refractivity contribution < 1.29 is 14.6 Å². The van der Waals surface area contributed by atoms with E-state index in [1.807, 2.05) is 73.8 Å². The zero-order chi connectivity index (χ0) is 23.8. The standard InChI is InChI=1S/C29H28N2O3/c1-2-16-34-28-15-14-22(13-12-21-8-4-3-5-9-21)17-26(28)29(33)31-24(20-32)18-23-19-30-27-11-7-6-10-25(23)27/h3-11,14-15,17,19,24,30,32H,2,16,18,20H2,1H3,(H,31,33). The van der Waals surface area contributed by atoms with E-state index in [0.29, 0.717) is 24.3 Å². The maximum Gasteiger partial charge on any atom is 0.255 e. The molecule has 4 aromatic rings. The van der Waals surface area contributed by atoms with Gasteiger partial charge in [0.1, 0.15) is 5.75 Å². The molecule has 0 aliphatic heterocycles. The number of hydrogen-bond acceptors (Lipinski definition) is 3. The maximum absolute atomic E-state index is 13.3. The van der Waals surface area contributed by atoms with Gasteiger partial charge < -0.3 is 20.1 Å². The molecule has 0 aliphatic rings. The molecule has 0 spiro atoms. The summed E-state index contributed by atoms with van der Waals surface area (Å²) in [6.45, 7) is 2.35. The molecule has 0 saturated heterocycles. The third-order valence-electron chi connectivity index (χ3n) is 5.51. The zero-order valence-electron chi connectivity index (χ0n) is 19.2. The summed E-state index contributed by atoms with van der Waals surface area (Å²) in [7, 11) is 0. The molecule has 1 aromatic heterocycles. The molecule has 0 fully saturated rings. The fraction of sp³-hybridized carbons (Fsp3) is 0.207. The number of hydrogen-bond donors (Lipinski definition) is 3. The van der Waals surface area contributed by atoms with Gasteiger partial charge >= 0.3 is 0 Å². The Hall–Kier alpha value is -4.01. The average molecular weight is 453 g/mol. The van der Waals surface area contributed by atoms with Gasteiger partial charge in [-0.1, -0.05) is 55.2 Å². The molecule has 4 rings (SSSR count). The molecule has 0 bridgehead atoms. The molecule has 1 amide bonds. The van der Waals surface area contributed by atoms with Crippen LogP contribution < -0.4 is 10.1 Å². The second-order valence-corrected chi connectivity index (χ2v) is 8.09. The van der Waals surface area contributed by atoms with Crippen molar-refractivity contribution >= 4 is 16.8 Å². The predicted molar refractivity (Wildman–Crippen MR) is 135 cm³/mol. The second-order valence-electron chi connectivity index (χ2n) is 8.09. The van der Waals surface area contributed by atoms with E-state index in [2.05, 4.69) is 22.1 Å². The fourth-order valence-electron chi connectivity index (χ4n) is 3.78. The molecule has 3 N–H and O–H groups in total. The van der Waals surface area contributed by atoms with E-state index in [1.165, 1.54) is 0 Å². The number of aromatic amines is 1. The molecule has 34 heavy (non-hydrogen) atoms. The number of para-hydroxylation sites is 1. The number of H-pyrrole nitrogens is 1. The summed E-state index contributed by atoms with van der Waals surface area (Å²) in [5.41, 5.74) is 4.10. The van der Waals surface area contributed by atoms with Crippen LogP contribution in [0.3, 0.4) is 0 Å². The number of aliphatic hydroxyl groups is 1. The maximum atomic E-state index is 13.3. The smallest absolute Gasteiger partial charge is 0.255 e. The third kappa shape index (κ3) is 5.67. The van der Waals surface area contributed by atoms with Gasteiger partial charge in [0.05, 0.1) is 24.8 Å².